The maximum atomic E-state index is 10.0. The number of hydrogen-bond donors (Lipinski definition) is 1. The second kappa shape index (κ2) is 5.49. The quantitative estimate of drug-likeness (QED) is 0.931. The molecule has 1 aromatic heterocycles. The summed E-state index contributed by atoms with van der Waals surface area (Å²) in [5.41, 5.74) is 0.677. The molecule has 0 fully saturated rings. The van der Waals surface area contributed by atoms with Crippen molar-refractivity contribution in [2.24, 2.45) is 0 Å². The van der Waals surface area contributed by atoms with Crippen LogP contribution in [-0.2, 0) is 6.54 Å². The standard InChI is InChI=1S/C11H11Cl2N3O/c12-8-1-2-9(10(13)5-8)11(17)3-4-16-7-14-6-15-16/h1-2,5-7,11,17H,3-4H2. The molecule has 1 aromatic carbocycles. The lowest BCUT2D eigenvalue weighted by atomic mass is 10.1. The molecule has 2 aromatic rings. The highest BCUT2D eigenvalue weighted by molar-refractivity contribution is 6.35. The van der Waals surface area contributed by atoms with E-state index in [9.17, 15) is 5.11 Å². The first-order valence-corrected chi connectivity index (χ1v) is 5.88. The Labute approximate surface area is 109 Å². The van der Waals surface area contributed by atoms with Crippen molar-refractivity contribution in [2.45, 2.75) is 19.1 Å². The summed E-state index contributed by atoms with van der Waals surface area (Å²) in [5, 5.41) is 15.0. The van der Waals surface area contributed by atoms with Gasteiger partial charge in [0.05, 0.1) is 6.10 Å². The molecule has 0 spiro atoms. The highest BCUT2D eigenvalue weighted by Crippen LogP contribution is 2.28. The van der Waals surface area contributed by atoms with E-state index in [4.69, 9.17) is 23.2 Å². The first-order chi connectivity index (χ1) is 8.16. The zero-order valence-electron chi connectivity index (χ0n) is 8.92. The van der Waals surface area contributed by atoms with Crippen LogP contribution in [0.1, 0.15) is 18.1 Å². The van der Waals surface area contributed by atoms with Crippen molar-refractivity contribution in [3.05, 3.63) is 46.5 Å². The minimum Gasteiger partial charge on any atom is -0.388 e. The van der Waals surface area contributed by atoms with Crippen molar-refractivity contribution >= 4 is 23.2 Å². The molecule has 0 aliphatic carbocycles. The molecule has 4 nitrogen and oxygen atoms in total. The number of aliphatic hydroxyl groups is 1. The fourth-order valence-corrected chi connectivity index (χ4v) is 2.06. The SMILES string of the molecule is OC(CCn1cncn1)c1ccc(Cl)cc1Cl. The van der Waals surface area contributed by atoms with Crippen LogP contribution in [-0.4, -0.2) is 19.9 Å². The van der Waals surface area contributed by atoms with Crippen LogP contribution in [0.15, 0.2) is 30.9 Å². The van der Waals surface area contributed by atoms with Gasteiger partial charge < -0.3 is 5.11 Å². The summed E-state index contributed by atoms with van der Waals surface area (Å²) in [6.45, 7) is 0.583. The van der Waals surface area contributed by atoms with E-state index in [1.807, 2.05) is 0 Å². The van der Waals surface area contributed by atoms with Crippen molar-refractivity contribution in [3.8, 4) is 0 Å². The van der Waals surface area contributed by atoms with Crippen molar-refractivity contribution in [2.75, 3.05) is 0 Å². The normalized spacial score (nSPS) is 12.6. The molecule has 0 radical (unpaired) electrons. The Kier molecular flexibility index (Phi) is 3.99. The summed E-state index contributed by atoms with van der Waals surface area (Å²) < 4.78 is 1.66. The lowest BCUT2D eigenvalue weighted by Gasteiger charge is -2.12. The number of aromatic nitrogens is 3. The zero-order valence-corrected chi connectivity index (χ0v) is 10.4. The van der Waals surface area contributed by atoms with E-state index in [-0.39, 0.29) is 0 Å². The average Bonchev–Trinajstić information content (AvgIpc) is 2.78. The van der Waals surface area contributed by atoms with Gasteiger partial charge in [-0.05, 0) is 24.1 Å². The number of halogens is 2. The fourth-order valence-electron chi connectivity index (χ4n) is 1.53. The summed E-state index contributed by atoms with van der Waals surface area (Å²) in [6, 6.07) is 5.06. The van der Waals surface area contributed by atoms with Gasteiger partial charge in [-0.15, -0.1) is 0 Å². The fraction of sp³-hybridized carbons (Fsp3) is 0.273. The van der Waals surface area contributed by atoms with Gasteiger partial charge in [0, 0.05) is 16.6 Å². The van der Waals surface area contributed by atoms with Crippen molar-refractivity contribution in [3.63, 3.8) is 0 Å². The van der Waals surface area contributed by atoms with Gasteiger partial charge in [-0.3, -0.25) is 4.68 Å². The predicted octanol–water partition coefficient (Wildman–Crippen LogP) is 2.71. The maximum absolute atomic E-state index is 10.0. The van der Waals surface area contributed by atoms with Crippen LogP contribution >= 0.6 is 23.2 Å². The maximum Gasteiger partial charge on any atom is 0.137 e. The molecule has 6 heteroatoms. The summed E-state index contributed by atoms with van der Waals surface area (Å²) in [6.07, 6.45) is 2.95. The Morgan fingerprint density at radius 1 is 1.35 bits per heavy atom. The van der Waals surface area contributed by atoms with Gasteiger partial charge in [0.2, 0.25) is 0 Å². The van der Waals surface area contributed by atoms with Gasteiger partial charge in [0.15, 0.2) is 0 Å². The lowest BCUT2D eigenvalue weighted by Crippen LogP contribution is -2.05. The van der Waals surface area contributed by atoms with E-state index < -0.39 is 6.10 Å². The molecule has 1 heterocycles. The van der Waals surface area contributed by atoms with Crippen LogP contribution < -0.4 is 0 Å². The molecular weight excluding hydrogens is 261 g/mol. The van der Waals surface area contributed by atoms with Gasteiger partial charge in [0.25, 0.3) is 0 Å². The molecule has 0 aliphatic rings. The number of nitrogens with zero attached hydrogens (tertiary/aromatic N) is 3. The first-order valence-electron chi connectivity index (χ1n) is 5.12. The second-order valence-corrected chi connectivity index (χ2v) is 4.47. The number of hydrogen-bond acceptors (Lipinski definition) is 3. The lowest BCUT2D eigenvalue weighted by molar-refractivity contribution is 0.159. The monoisotopic (exact) mass is 271 g/mol. The van der Waals surface area contributed by atoms with Crippen LogP contribution in [0.25, 0.3) is 0 Å². The summed E-state index contributed by atoms with van der Waals surface area (Å²) >= 11 is 11.8. The molecule has 0 aliphatic heterocycles. The van der Waals surface area contributed by atoms with Crippen LogP contribution in [0.5, 0.6) is 0 Å². The Balaban J connectivity index is 2.01. The average molecular weight is 272 g/mol. The molecule has 0 saturated carbocycles. The largest absolute Gasteiger partial charge is 0.388 e. The molecule has 2 rings (SSSR count). The highest BCUT2D eigenvalue weighted by atomic mass is 35.5. The summed E-state index contributed by atoms with van der Waals surface area (Å²) in [7, 11) is 0. The summed E-state index contributed by atoms with van der Waals surface area (Å²) in [4.78, 5) is 3.83. The third-order valence-corrected chi connectivity index (χ3v) is 2.98. The molecule has 1 atom stereocenters. The second-order valence-electron chi connectivity index (χ2n) is 3.63. The molecule has 0 bridgehead atoms. The van der Waals surface area contributed by atoms with Crippen molar-refractivity contribution < 1.29 is 5.11 Å². The van der Waals surface area contributed by atoms with Gasteiger partial charge >= 0.3 is 0 Å². The summed E-state index contributed by atoms with van der Waals surface area (Å²) in [5.74, 6) is 0. The van der Waals surface area contributed by atoms with Crippen LogP contribution in [0.3, 0.4) is 0 Å². The van der Waals surface area contributed by atoms with E-state index in [1.54, 1.807) is 29.2 Å². The molecule has 1 unspecified atom stereocenters. The molecule has 17 heavy (non-hydrogen) atoms. The molecule has 1 N–H and O–H groups in total. The van der Waals surface area contributed by atoms with Gasteiger partial charge in [0.1, 0.15) is 12.7 Å². The van der Waals surface area contributed by atoms with Crippen molar-refractivity contribution in [1.82, 2.24) is 14.8 Å². The minimum absolute atomic E-state index is 0.476. The molecule has 0 amide bonds. The van der Waals surface area contributed by atoms with Gasteiger partial charge in [-0.1, -0.05) is 29.3 Å². The predicted molar refractivity (Wildman–Crippen MR) is 66.1 cm³/mol. The van der Waals surface area contributed by atoms with Gasteiger partial charge in [-0.25, -0.2) is 4.98 Å². The highest BCUT2D eigenvalue weighted by Gasteiger charge is 2.12. The Bertz CT molecular complexity index is 487. The van der Waals surface area contributed by atoms with Crippen LogP contribution in [0.2, 0.25) is 10.0 Å². The van der Waals surface area contributed by atoms with Crippen LogP contribution in [0.4, 0.5) is 0 Å². The van der Waals surface area contributed by atoms with Crippen molar-refractivity contribution in [1.29, 1.82) is 0 Å². The number of aryl methyl sites for hydroxylation is 1. The number of rotatable bonds is 4. The first kappa shape index (κ1) is 12.4. The van der Waals surface area contributed by atoms with E-state index in [2.05, 4.69) is 10.1 Å². The Hall–Kier alpha value is -1.10. The minimum atomic E-state index is -0.635. The number of benzene rings is 1. The van der Waals surface area contributed by atoms with Crippen LogP contribution in [0, 0.1) is 0 Å². The number of aliphatic hydroxyl groups excluding tert-OH is 1. The third-order valence-electron chi connectivity index (χ3n) is 2.42. The molecule has 90 valence electrons. The van der Waals surface area contributed by atoms with E-state index in [1.165, 1.54) is 6.33 Å². The molecular formula is C11H11Cl2N3O. The molecule has 0 saturated heterocycles. The van der Waals surface area contributed by atoms with E-state index in [0.717, 1.165) is 0 Å². The Morgan fingerprint density at radius 2 is 2.18 bits per heavy atom. The van der Waals surface area contributed by atoms with E-state index in [0.29, 0.717) is 28.6 Å². The van der Waals surface area contributed by atoms with E-state index >= 15 is 0 Å². The zero-order chi connectivity index (χ0) is 12.3. The smallest absolute Gasteiger partial charge is 0.137 e. The topological polar surface area (TPSA) is 50.9 Å². The third kappa shape index (κ3) is 3.19. The van der Waals surface area contributed by atoms with Gasteiger partial charge in [-0.2, -0.15) is 5.10 Å². The Morgan fingerprint density at radius 3 is 2.82 bits per heavy atom.